The summed E-state index contributed by atoms with van der Waals surface area (Å²) in [7, 11) is 0. The van der Waals surface area contributed by atoms with E-state index in [0.29, 0.717) is 24.5 Å². The summed E-state index contributed by atoms with van der Waals surface area (Å²) in [5.41, 5.74) is 8.03. The van der Waals surface area contributed by atoms with Crippen LogP contribution in [0.15, 0.2) is 83.0 Å². The molecule has 0 radical (unpaired) electrons. The number of hydrogen-bond acceptors (Lipinski definition) is 3. The van der Waals surface area contributed by atoms with Gasteiger partial charge in [-0.05, 0) is 121 Å². The number of ether oxygens (including phenoxy) is 1. The molecule has 0 unspecified atom stereocenters. The quantitative estimate of drug-likeness (QED) is 0.213. The van der Waals surface area contributed by atoms with E-state index in [-0.39, 0.29) is 5.75 Å². The highest BCUT2D eigenvalue weighted by Crippen LogP contribution is 2.25. The molecule has 3 nitrogen and oxygen atoms in total. The molecule has 0 fully saturated rings. The first-order valence-electron chi connectivity index (χ1n) is 13.2. The summed E-state index contributed by atoms with van der Waals surface area (Å²) in [6.45, 7) is 13.2. The molecule has 0 aromatic heterocycles. The first-order chi connectivity index (χ1) is 17.6. The van der Waals surface area contributed by atoms with Crippen molar-refractivity contribution in [2.45, 2.75) is 73.6 Å². The number of hydrogen-bond donors (Lipinski definition) is 2. The van der Waals surface area contributed by atoms with E-state index in [0.717, 1.165) is 42.4 Å². The molecule has 3 heteroatoms. The molecule has 2 aromatic rings. The van der Waals surface area contributed by atoms with E-state index in [1.54, 1.807) is 18.2 Å². The van der Waals surface area contributed by atoms with Crippen LogP contribution >= 0.6 is 0 Å². The van der Waals surface area contributed by atoms with Crippen LogP contribution in [0.5, 0.6) is 17.2 Å². The average Bonchev–Trinajstić information content (AvgIpc) is 2.82. The smallest absolute Gasteiger partial charge is 0.124 e. The molecule has 0 atom stereocenters. The van der Waals surface area contributed by atoms with Crippen LogP contribution in [0.4, 0.5) is 0 Å². The maximum absolute atomic E-state index is 10.3. The number of aromatic hydroxyl groups is 2. The SMILES string of the molecule is CC(C)=CCC/C(C)=C/COc1cc(O)cc(/C=C/c2ccc(O)c(C/C=C(\C)CCC=C(C)C)c2)c1. The predicted octanol–water partition coefficient (Wildman–Crippen LogP) is 9.57. The monoisotopic (exact) mass is 500 g/mol. The van der Waals surface area contributed by atoms with Gasteiger partial charge in [0.05, 0.1) is 0 Å². The zero-order chi connectivity index (χ0) is 27.2. The molecule has 0 aliphatic heterocycles. The molecule has 2 rings (SSSR count). The van der Waals surface area contributed by atoms with Crippen molar-refractivity contribution < 1.29 is 14.9 Å². The zero-order valence-electron chi connectivity index (χ0n) is 23.5. The van der Waals surface area contributed by atoms with Gasteiger partial charge in [-0.2, -0.15) is 0 Å². The van der Waals surface area contributed by atoms with Gasteiger partial charge in [-0.3, -0.25) is 0 Å². The van der Waals surface area contributed by atoms with Crippen LogP contribution in [-0.4, -0.2) is 16.8 Å². The molecule has 0 aliphatic rings. The Morgan fingerprint density at radius 3 is 1.97 bits per heavy atom. The fourth-order valence-electron chi connectivity index (χ4n) is 3.80. The molecule has 0 saturated heterocycles. The van der Waals surface area contributed by atoms with Gasteiger partial charge in [0, 0.05) is 6.07 Å². The van der Waals surface area contributed by atoms with Crippen LogP contribution in [0.3, 0.4) is 0 Å². The molecule has 37 heavy (non-hydrogen) atoms. The number of rotatable bonds is 13. The van der Waals surface area contributed by atoms with E-state index in [2.05, 4.69) is 65.8 Å². The predicted molar refractivity (Wildman–Crippen MR) is 159 cm³/mol. The Balaban J connectivity index is 2.02. The molecule has 0 amide bonds. The Morgan fingerprint density at radius 1 is 0.703 bits per heavy atom. The zero-order valence-corrected chi connectivity index (χ0v) is 23.5. The van der Waals surface area contributed by atoms with Crippen molar-refractivity contribution in [3.63, 3.8) is 0 Å². The molecule has 0 spiro atoms. The van der Waals surface area contributed by atoms with Crippen LogP contribution in [0.2, 0.25) is 0 Å². The molecule has 0 aliphatic carbocycles. The Hall–Kier alpha value is -3.46. The summed E-state index contributed by atoms with van der Waals surface area (Å²) in [6.07, 6.45) is 17.5. The van der Waals surface area contributed by atoms with E-state index in [4.69, 9.17) is 4.74 Å². The highest BCUT2D eigenvalue weighted by atomic mass is 16.5. The third-order valence-electron chi connectivity index (χ3n) is 6.02. The number of phenols is 2. The Bertz CT molecular complexity index is 1170. The van der Waals surface area contributed by atoms with E-state index in [9.17, 15) is 10.2 Å². The molecule has 2 aromatic carbocycles. The highest BCUT2D eigenvalue weighted by molar-refractivity contribution is 5.71. The van der Waals surface area contributed by atoms with E-state index in [1.807, 2.05) is 30.4 Å². The van der Waals surface area contributed by atoms with Crippen molar-refractivity contribution in [1.29, 1.82) is 0 Å². The third kappa shape index (κ3) is 12.4. The molecule has 0 bridgehead atoms. The minimum Gasteiger partial charge on any atom is -0.508 e. The summed E-state index contributed by atoms with van der Waals surface area (Å²) in [5.74, 6) is 1.11. The number of allylic oxidation sites excluding steroid dienone is 7. The van der Waals surface area contributed by atoms with Crippen molar-refractivity contribution in [3.8, 4) is 17.2 Å². The van der Waals surface area contributed by atoms with Gasteiger partial charge in [-0.15, -0.1) is 0 Å². The summed E-state index contributed by atoms with van der Waals surface area (Å²) >= 11 is 0. The first-order valence-corrected chi connectivity index (χ1v) is 13.2. The summed E-state index contributed by atoms with van der Waals surface area (Å²) in [6, 6.07) is 10.9. The molecule has 198 valence electrons. The van der Waals surface area contributed by atoms with Gasteiger partial charge in [0.25, 0.3) is 0 Å². The first kappa shape index (κ1) is 29.8. The molecule has 2 N–H and O–H groups in total. The van der Waals surface area contributed by atoms with Gasteiger partial charge in [0.1, 0.15) is 23.9 Å². The van der Waals surface area contributed by atoms with Crippen molar-refractivity contribution in [1.82, 2.24) is 0 Å². The maximum atomic E-state index is 10.3. The number of phenolic OH excluding ortho intramolecular Hbond substituents is 2. The van der Waals surface area contributed by atoms with Crippen molar-refractivity contribution in [2.75, 3.05) is 6.61 Å². The topological polar surface area (TPSA) is 49.7 Å². The third-order valence-corrected chi connectivity index (χ3v) is 6.02. The van der Waals surface area contributed by atoms with Gasteiger partial charge < -0.3 is 14.9 Å². The van der Waals surface area contributed by atoms with Crippen molar-refractivity contribution in [3.05, 3.63) is 99.7 Å². The van der Waals surface area contributed by atoms with Crippen molar-refractivity contribution in [2.24, 2.45) is 0 Å². The van der Waals surface area contributed by atoms with Crippen LogP contribution in [0, 0.1) is 0 Å². The van der Waals surface area contributed by atoms with Crippen LogP contribution in [-0.2, 0) is 6.42 Å². The Labute approximate surface area is 224 Å². The maximum Gasteiger partial charge on any atom is 0.124 e. The minimum atomic E-state index is 0.168. The van der Waals surface area contributed by atoms with Gasteiger partial charge >= 0.3 is 0 Å². The second-order valence-corrected chi connectivity index (χ2v) is 10.2. The second kappa shape index (κ2) is 15.6. The normalized spacial score (nSPS) is 12.1. The van der Waals surface area contributed by atoms with Gasteiger partial charge in [0.15, 0.2) is 0 Å². The molecule has 0 saturated carbocycles. The fourth-order valence-corrected chi connectivity index (χ4v) is 3.80. The van der Waals surface area contributed by atoms with Gasteiger partial charge in [0.2, 0.25) is 0 Å². The minimum absolute atomic E-state index is 0.168. The summed E-state index contributed by atoms with van der Waals surface area (Å²) < 4.78 is 5.88. The van der Waals surface area contributed by atoms with E-state index in [1.165, 1.54) is 22.3 Å². The second-order valence-electron chi connectivity index (χ2n) is 10.2. The summed E-state index contributed by atoms with van der Waals surface area (Å²) in [4.78, 5) is 0. The molecular formula is C34H44O3. The van der Waals surface area contributed by atoms with Crippen LogP contribution in [0.25, 0.3) is 12.2 Å². The average molecular weight is 501 g/mol. The van der Waals surface area contributed by atoms with Crippen LogP contribution < -0.4 is 4.74 Å². The highest BCUT2D eigenvalue weighted by Gasteiger charge is 2.03. The fraction of sp³-hybridized carbons (Fsp3) is 0.353. The van der Waals surface area contributed by atoms with Gasteiger partial charge in [-0.25, -0.2) is 0 Å². The van der Waals surface area contributed by atoms with E-state index >= 15 is 0 Å². The van der Waals surface area contributed by atoms with Gasteiger partial charge in [-0.1, -0.05) is 58.7 Å². The number of benzene rings is 2. The lowest BCUT2D eigenvalue weighted by atomic mass is 10.0. The lowest BCUT2D eigenvalue weighted by Gasteiger charge is -2.07. The standard InChI is InChI=1S/C34H44O3/c1-25(2)9-7-11-27(5)13-17-31-21-29(16-18-34(31)36)14-15-30-22-32(35)24-33(23-30)37-20-19-28(6)12-8-10-26(3)4/h9-10,13-16,18-19,21-24,35-36H,7-8,11-12,17,20H2,1-6H3/b15-14+,27-13+,28-19+. The lowest BCUT2D eigenvalue weighted by molar-refractivity contribution is 0.358. The van der Waals surface area contributed by atoms with Crippen molar-refractivity contribution >= 4 is 12.2 Å². The molecule has 0 heterocycles. The summed E-state index contributed by atoms with van der Waals surface area (Å²) in [5, 5.41) is 20.5. The van der Waals surface area contributed by atoms with Crippen LogP contribution in [0.1, 0.15) is 83.9 Å². The Morgan fingerprint density at radius 2 is 1.32 bits per heavy atom. The largest absolute Gasteiger partial charge is 0.508 e. The Kier molecular flexibility index (Phi) is 12.6. The molecular weight excluding hydrogens is 456 g/mol. The lowest BCUT2D eigenvalue weighted by Crippen LogP contribution is -1.95. The van der Waals surface area contributed by atoms with E-state index < -0.39 is 0 Å².